The number of aliphatic hydroxyl groups excluding tert-OH is 4. The fraction of sp³-hybridized carbons (Fsp3) is 0.667. The Balaban J connectivity index is 2.06. The van der Waals surface area contributed by atoms with Gasteiger partial charge in [0.1, 0.15) is 25.0 Å². The normalized spacial score (nSPS) is 29.3. The summed E-state index contributed by atoms with van der Waals surface area (Å²) in [4.78, 5) is 12.2. The van der Waals surface area contributed by atoms with Crippen molar-refractivity contribution < 1.29 is 25.2 Å². The first-order valence-corrected chi connectivity index (χ1v) is 6.00. The van der Waals surface area contributed by atoms with Crippen molar-refractivity contribution in [3.63, 3.8) is 0 Å². The highest BCUT2D eigenvalue weighted by Gasteiger charge is 2.44. The van der Waals surface area contributed by atoms with Gasteiger partial charge in [-0.2, -0.15) is 9.36 Å². The summed E-state index contributed by atoms with van der Waals surface area (Å²) in [5.74, 6) is 0. The van der Waals surface area contributed by atoms with Crippen molar-refractivity contribution >= 4 is 11.2 Å². The number of ether oxygens (including phenoxy) is 1. The van der Waals surface area contributed by atoms with E-state index in [2.05, 4.69) is 20.6 Å². The van der Waals surface area contributed by atoms with E-state index in [-0.39, 0.29) is 11.2 Å². The molecule has 21 heavy (non-hydrogen) atoms. The van der Waals surface area contributed by atoms with Crippen molar-refractivity contribution in [1.29, 1.82) is 0 Å². The lowest BCUT2D eigenvalue weighted by molar-refractivity contribution is -0.0619. The lowest BCUT2D eigenvalue weighted by Crippen LogP contribution is -2.37. The molecule has 0 radical (unpaired) electrons. The minimum atomic E-state index is -1.46. The zero-order valence-corrected chi connectivity index (χ0v) is 10.5. The monoisotopic (exact) mass is 300 g/mol. The van der Waals surface area contributed by atoms with E-state index in [1.165, 1.54) is 0 Å². The highest BCUT2D eigenvalue weighted by atomic mass is 16.6. The Hall–Kier alpha value is -1.99. The van der Waals surface area contributed by atoms with Gasteiger partial charge < -0.3 is 25.2 Å². The van der Waals surface area contributed by atoms with Gasteiger partial charge in [-0.1, -0.05) is 10.4 Å². The summed E-state index contributed by atoms with van der Waals surface area (Å²) in [6.07, 6.45) is -5.17. The Morgan fingerprint density at radius 2 is 1.90 bits per heavy atom. The van der Waals surface area contributed by atoms with Crippen LogP contribution < -0.4 is 5.56 Å². The number of aromatic nitrogens is 6. The van der Waals surface area contributed by atoms with Crippen LogP contribution in [0, 0.1) is 0 Å². The molecular weight excluding hydrogens is 288 g/mol. The predicted molar refractivity (Wildman–Crippen MR) is 62.6 cm³/mol. The van der Waals surface area contributed by atoms with Crippen LogP contribution in [0.3, 0.4) is 0 Å². The highest BCUT2D eigenvalue weighted by molar-refractivity contribution is 5.66. The largest absolute Gasteiger partial charge is 0.394 e. The maximum absolute atomic E-state index is 12.2. The van der Waals surface area contributed by atoms with E-state index in [0.717, 1.165) is 4.68 Å². The second-order valence-electron chi connectivity index (χ2n) is 4.47. The number of nitrogens with zero attached hydrogens (tertiary/aromatic N) is 6. The van der Waals surface area contributed by atoms with Crippen molar-refractivity contribution in [2.24, 2.45) is 0 Å². The first kappa shape index (κ1) is 14.0. The number of hydrogen-bond acceptors (Lipinski definition) is 10. The highest BCUT2D eigenvalue weighted by Crippen LogP contribution is 2.27. The van der Waals surface area contributed by atoms with Crippen molar-refractivity contribution in [3.8, 4) is 0 Å². The minimum Gasteiger partial charge on any atom is -0.394 e. The molecule has 4 N–H and O–H groups in total. The summed E-state index contributed by atoms with van der Waals surface area (Å²) in [7, 11) is 0. The van der Waals surface area contributed by atoms with Crippen LogP contribution in [0.5, 0.6) is 0 Å². The molecule has 3 heterocycles. The fourth-order valence-corrected chi connectivity index (χ4v) is 2.13. The molecule has 4 atom stereocenters. The van der Waals surface area contributed by atoms with Crippen LogP contribution >= 0.6 is 0 Å². The lowest BCUT2D eigenvalue weighted by Gasteiger charge is -2.14. The van der Waals surface area contributed by atoms with Crippen LogP contribution in [0.1, 0.15) is 6.23 Å². The standard InChI is InChI=1S/C9H12N6O6/c16-1-3-5(18)6(19)9(21-3)15-8(20)4-7(11-13-15)14(2-17)12-10-4/h3,5-6,9,16-19H,1-2H2. The molecule has 1 saturated heterocycles. The third kappa shape index (κ3) is 2.00. The van der Waals surface area contributed by atoms with Gasteiger partial charge in [0.15, 0.2) is 6.23 Å². The van der Waals surface area contributed by atoms with Gasteiger partial charge in [0.05, 0.1) is 6.61 Å². The number of aliphatic hydroxyl groups is 4. The summed E-state index contributed by atoms with van der Waals surface area (Å²) in [5, 5.41) is 51.9. The van der Waals surface area contributed by atoms with Gasteiger partial charge in [-0.3, -0.25) is 4.79 Å². The van der Waals surface area contributed by atoms with Gasteiger partial charge in [0.2, 0.25) is 11.2 Å². The molecule has 1 aliphatic rings. The molecule has 0 bridgehead atoms. The second-order valence-corrected chi connectivity index (χ2v) is 4.47. The summed E-state index contributed by atoms with van der Waals surface area (Å²) in [6.45, 7) is -1.05. The maximum Gasteiger partial charge on any atom is 0.302 e. The maximum atomic E-state index is 12.2. The third-order valence-corrected chi connectivity index (χ3v) is 3.25. The van der Waals surface area contributed by atoms with Gasteiger partial charge in [0.25, 0.3) is 0 Å². The van der Waals surface area contributed by atoms with Gasteiger partial charge in [-0.05, 0) is 0 Å². The molecule has 2 aromatic rings. The lowest BCUT2D eigenvalue weighted by atomic mass is 10.1. The molecule has 1 fully saturated rings. The average molecular weight is 300 g/mol. The van der Waals surface area contributed by atoms with Crippen molar-refractivity contribution in [2.75, 3.05) is 6.61 Å². The van der Waals surface area contributed by atoms with Crippen molar-refractivity contribution in [3.05, 3.63) is 10.4 Å². The molecule has 2 aromatic heterocycles. The van der Waals surface area contributed by atoms with Crippen LogP contribution in [-0.4, -0.2) is 75.3 Å². The van der Waals surface area contributed by atoms with Crippen molar-refractivity contribution in [2.45, 2.75) is 31.3 Å². The molecule has 12 heteroatoms. The zero-order valence-electron chi connectivity index (χ0n) is 10.5. The molecule has 0 saturated carbocycles. The summed E-state index contributed by atoms with van der Waals surface area (Å²) >= 11 is 0. The van der Waals surface area contributed by atoms with Gasteiger partial charge in [-0.25, -0.2) is 0 Å². The molecule has 0 aliphatic carbocycles. The van der Waals surface area contributed by atoms with Crippen LogP contribution in [-0.2, 0) is 11.5 Å². The molecule has 0 aromatic carbocycles. The molecule has 4 unspecified atom stereocenters. The smallest absolute Gasteiger partial charge is 0.302 e. The van der Waals surface area contributed by atoms with E-state index < -0.39 is 43.4 Å². The molecule has 0 spiro atoms. The summed E-state index contributed by atoms with van der Waals surface area (Å²) in [5.41, 5.74) is -0.947. The zero-order chi connectivity index (χ0) is 15.1. The van der Waals surface area contributed by atoms with Gasteiger partial charge >= 0.3 is 5.56 Å². The number of fused-ring (bicyclic) bond motifs is 1. The molecular formula is C9H12N6O6. The fourth-order valence-electron chi connectivity index (χ4n) is 2.13. The molecule has 12 nitrogen and oxygen atoms in total. The van der Waals surface area contributed by atoms with Crippen LogP contribution in [0.25, 0.3) is 11.2 Å². The Morgan fingerprint density at radius 1 is 1.14 bits per heavy atom. The van der Waals surface area contributed by atoms with Crippen LogP contribution in [0.15, 0.2) is 4.79 Å². The Labute approximate surface area is 115 Å². The van der Waals surface area contributed by atoms with E-state index >= 15 is 0 Å². The second kappa shape index (κ2) is 5.09. The summed E-state index contributed by atoms with van der Waals surface area (Å²) in [6, 6.07) is 0. The molecule has 0 amide bonds. The van der Waals surface area contributed by atoms with E-state index in [1.54, 1.807) is 0 Å². The average Bonchev–Trinajstić information content (AvgIpc) is 3.03. The predicted octanol–water partition coefficient (Wildman–Crippen LogP) is -4.06. The van der Waals surface area contributed by atoms with Gasteiger partial charge in [0, 0.05) is 0 Å². The first-order valence-electron chi connectivity index (χ1n) is 6.00. The quantitative estimate of drug-likeness (QED) is 0.437. The Kier molecular flexibility index (Phi) is 3.38. The number of hydrogen-bond donors (Lipinski definition) is 4. The SMILES string of the molecule is O=c1c2nnn(CO)c2nnn1C1OC(CO)C(O)C1O. The Morgan fingerprint density at radius 3 is 2.52 bits per heavy atom. The van der Waals surface area contributed by atoms with E-state index in [9.17, 15) is 15.0 Å². The van der Waals surface area contributed by atoms with Crippen LogP contribution in [0.4, 0.5) is 0 Å². The van der Waals surface area contributed by atoms with Crippen molar-refractivity contribution in [1.82, 2.24) is 30.0 Å². The van der Waals surface area contributed by atoms with Crippen LogP contribution in [0.2, 0.25) is 0 Å². The number of rotatable bonds is 3. The van der Waals surface area contributed by atoms with E-state index in [4.69, 9.17) is 14.9 Å². The Bertz CT molecular complexity index is 714. The minimum absolute atomic E-state index is 0.0227. The molecule has 1 aliphatic heterocycles. The third-order valence-electron chi connectivity index (χ3n) is 3.25. The molecule has 3 rings (SSSR count). The first-order chi connectivity index (χ1) is 10.1. The van der Waals surface area contributed by atoms with E-state index in [1.807, 2.05) is 0 Å². The van der Waals surface area contributed by atoms with Gasteiger partial charge in [-0.15, -0.1) is 10.2 Å². The molecule has 114 valence electrons. The van der Waals surface area contributed by atoms with E-state index in [0.29, 0.717) is 4.68 Å². The topological polar surface area (TPSA) is 169 Å². The summed E-state index contributed by atoms with van der Waals surface area (Å²) < 4.78 is 6.86.